The molecule has 0 aromatic rings. The SMILES string of the molecule is CCCC(CBr)CC1CCC(C)(C)O1. The lowest BCUT2D eigenvalue weighted by atomic mass is 9.96. The number of alkyl halides is 1. The number of halogens is 1. The maximum atomic E-state index is 6.01. The van der Waals surface area contributed by atoms with Crippen molar-refractivity contribution in [2.75, 3.05) is 5.33 Å². The van der Waals surface area contributed by atoms with Crippen LogP contribution in [0.3, 0.4) is 0 Å². The van der Waals surface area contributed by atoms with Crippen LogP contribution >= 0.6 is 15.9 Å². The number of ether oxygens (including phenoxy) is 1. The second-order valence-corrected chi connectivity index (χ2v) is 5.73. The molecule has 0 amide bonds. The first-order valence-corrected chi connectivity index (χ1v) is 6.93. The Morgan fingerprint density at radius 3 is 2.64 bits per heavy atom. The molecule has 1 saturated heterocycles. The highest BCUT2D eigenvalue weighted by atomic mass is 79.9. The fraction of sp³-hybridized carbons (Fsp3) is 1.00. The minimum absolute atomic E-state index is 0.133. The topological polar surface area (TPSA) is 9.23 Å². The van der Waals surface area contributed by atoms with Crippen molar-refractivity contribution in [1.82, 2.24) is 0 Å². The lowest BCUT2D eigenvalue weighted by Crippen LogP contribution is -2.22. The van der Waals surface area contributed by atoms with Gasteiger partial charge in [-0.05, 0) is 45.4 Å². The van der Waals surface area contributed by atoms with Crippen LogP contribution in [0.4, 0.5) is 0 Å². The van der Waals surface area contributed by atoms with Gasteiger partial charge in [0.25, 0.3) is 0 Å². The van der Waals surface area contributed by atoms with Crippen molar-refractivity contribution in [2.45, 2.75) is 64.6 Å². The lowest BCUT2D eigenvalue weighted by Gasteiger charge is -2.22. The van der Waals surface area contributed by atoms with Crippen molar-refractivity contribution in [3.8, 4) is 0 Å². The molecule has 1 aliphatic rings. The van der Waals surface area contributed by atoms with E-state index in [0.717, 1.165) is 11.2 Å². The van der Waals surface area contributed by atoms with E-state index >= 15 is 0 Å². The Kier molecular flexibility index (Phi) is 4.92. The Morgan fingerprint density at radius 2 is 2.21 bits per heavy atom. The molecule has 1 fully saturated rings. The molecule has 0 bridgehead atoms. The van der Waals surface area contributed by atoms with Gasteiger partial charge in [0.1, 0.15) is 0 Å². The molecule has 0 spiro atoms. The van der Waals surface area contributed by atoms with Gasteiger partial charge >= 0.3 is 0 Å². The van der Waals surface area contributed by atoms with E-state index < -0.39 is 0 Å². The molecule has 0 aliphatic carbocycles. The standard InChI is InChI=1S/C12H23BrO/c1-4-5-10(9-13)8-11-6-7-12(2,3)14-11/h10-11H,4-9H2,1-3H3. The van der Waals surface area contributed by atoms with Gasteiger partial charge in [0.2, 0.25) is 0 Å². The van der Waals surface area contributed by atoms with Crippen molar-refractivity contribution in [3.05, 3.63) is 0 Å². The van der Waals surface area contributed by atoms with E-state index in [-0.39, 0.29) is 5.60 Å². The van der Waals surface area contributed by atoms with Crippen LogP contribution in [-0.4, -0.2) is 17.0 Å². The Bertz CT molecular complexity index is 168. The Morgan fingerprint density at radius 1 is 1.50 bits per heavy atom. The van der Waals surface area contributed by atoms with E-state index in [2.05, 4.69) is 36.7 Å². The van der Waals surface area contributed by atoms with Crippen molar-refractivity contribution in [3.63, 3.8) is 0 Å². The molecule has 1 aliphatic heterocycles. The summed E-state index contributed by atoms with van der Waals surface area (Å²) in [5, 5.41) is 1.13. The van der Waals surface area contributed by atoms with Gasteiger partial charge in [0.15, 0.2) is 0 Å². The van der Waals surface area contributed by atoms with E-state index in [9.17, 15) is 0 Å². The average Bonchev–Trinajstić information content (AvgIpc) is 2.45. The van der Waals surface area contributed by atoms with Gasteiger partial charge in [0, 0.05) is 5.33 Å². The van der Waals surface area contributed by atoms with Crippen molar-refractivity contribution in [1.29, 1.82) is 0 Å². The van der Waals surface area contributed by atoms with Crippen LogP contribution in [0.25, 0.3) is 0 Å². The van der Waals surface area contributed by atoms with Crippen LogP contribution in [0.5, 0.6) is 0 Å². The highest BCUT2D eigenvalue weighted by Gasteiger charge is 2.32. The zero-order valence-electron chi connectivity index (χ0n) is 9.68. The summed E-state index contributed by atoms with van der Waals surface area (Å²) < 4.78 is 6.01. The Balaban J connectivity index is 2.30. The van der Waals surface area contributed by atoms with Crippen LogP contribution in [-0.2, 0) is 4.74 Å². The molecule has 1 nitrogen and oxygen atoms in total. The highest BCUT2D eigenvalue weighted by molar-refractivity contribution is 9.09. The summed E-state index contributed by atoms with van der Waals surface area (Å²) in [5.41, 5.74) is 0.133. The van der Waals surface area contributed by atoms with Crippen LogP contribution in [0, 0.1) is 5.92 Å². The summed E-state index contributed by atoms with van der Waals surface area (Å²) in [4.78, 5) is 0. The highest BCUT2D eigenvalue weighted by Crippen LogP contribution is 2.33. The van der Waals surface area contributed by atoms with Crippen molar-refractivity contribution < 1.29 is 4.74 Å². The van der Waals surface area contributed by atoms with Crippen molar-refractivity contribution >= 4 is 15.9 Å². The molecule has 0 aromatic heterocycles. The molecular weight excluding hydrogens is 240 g/mol. The number of hydrogen-bond donors (Lipinski definition) is 0. The Labute approximate surface area is 96.7 Å². The van der Waals surface area contributed by atoms with Gasteiger partial charge in [-0.15, -0.1) is 0 Å². The van der Waals surface area contributed by atoms with Crippen LogP contribution in [0.1, 0.15) is 52.9 Å². The molecule has 0 N–H and O–H groups in total. The van der Waals surface area contributed by atoms with Gasteiger partial charge < -0.3 is 4.74 Å². The van der Waals surface area contributed by atoms with E-state index in [0.29, 0.717) is 6.10 Å². The maximum absolute atomic E-state index is 6.01. The molecule has 2 atom stereocenters. The van der Waals surface area contributed by atoms with Gasteiger partial charge in [-0.3, -0.25) is 0 Å². The van der Waals surface area contributed by atoms with Crippen molar-refractivity contribution in [2.24, 2.45) is 5.92 Å². The van der Waals surface area contributed by atoms with E-state index in [1.165, 1.54) is 32.1 Å². The fourth-order valence-corrected chi connectivity index (χ4v) is 2.87. The van der Waals surface area contributed by atoms with E-state index in [1.54, 1.807) is 0 Å². The molecular formula is C12H23BrO. The summed E-state index contributed by atoms with van der Waals surface area (Å²) >= 11 is 3.60. The van der Waals surface area contributed by atoms with E-state index in [1.807, 2.05) is 0 Å². The maximum Gasteiger partial charge on any atom is 0.0631 e. The zero-order valence-corrected chi connectivity index (χ0v) is 11.3. The lowest BCUT2D eigenvalue weighted by molar-refractivity contribution is -0.0237. The van der Waals surface area contributed by atoms with Gasteiger partial charge in [-0.2, -0.15) is 0 Å². The monoisotopic (exact) mass is 262 g/mol. The minimum atomic E-state index is 0.133. The molecule has 1 heterocycles. The second kappa shape index (κ2) is 5.50. The smallest absolute Gasteiger partial charge is 0.0631 e. The van der Waals surface area contributed by atoms with Gasteiger partial charge in [-0.1, -0.05) is 29.3 Å². The van der Waals surface area contributed by atoms with Crippen LogP contribution < -0.4 is 0 Å². The van der Waals surface area contributed by atoms with Gasteiger partial charge in [-0.25, -0.2) is 0 Å². The molecule has 0 radical (unpaired) electrons. The fourth-order valence-electron chi connectivity index (χ4n) is 2.28. The minimum Gasteiger partial charge on any atom is -0.372 e. The molecule has 0 aromatic carbocycles. The zero-order chi connectivity index (χ0) is 10.6. The van der Waals surface area contributed by atoms with Crippen LogP contribution in [0.2, 0.25) is 0 Å². The summed E-state index contributed by atoms with van der Waals surface area (Å²) in [6, 6.07) is 0. The summed E-state index contributed by atoms with van der Waals surface area (Å²) in [5.74, 6) is 0.805. The van der Waals surface area contributed by atoms with Gasteiger partial charge in [0.05, 0.1) is 11.7 Å². The first-order valence-electron chi connectivity index (χ1n) is 5.81. The molecule has 14 heavy (non-hydrogen) atoms. The summed E-state index contributed by atoms with van der Waals surface area (Å²) in [6.45, 7) is 6.67. The average molecular weight is 263 g/mol. The first kappa shape index (κ1) is 12.5. The second-order valence-electron chi connectivity index (χ2n) is 5.08. The largest absolute Gasteiger partial charge is 0.372 e. The predicted molar refractivity (Wildman–Crippen MR) is 65.0 cm³/mol. The number of rotatable bonds is 5. The molecule has 1 rings (SSSR count). The predicted octanol–water partition coefficient (Wildman–Crippen LogP) is 4.15. The molecule has 0 saturated carbocycles. The molecule has 2 unspecified atom stereocenters. The summed E-state index contributed by atoms with van der Waals surface area (Å²) in [7, 11) is 0. The Hall–Kier alpha value is 0.440. The first-order chi connectivity index (χ1) is 6.57. The quantitative estimate of drug-likeness (QED) is 0.677. The molecule has 84 valence electrons. The van der Waals surface area contributed by atoms with Crippen LogP contribution in [0.15, 0.2) is 0 Å². The third kappa shape index (κ3) is 3.90. The normalized spacial score (nSPS) is 27.9. The van der Waals surface area contributed by atoms with E-state index in [4.69, 9.17) is 4.74 Å². The number of hydrogen-bond acceptors (Lipinski definition) is 1. The third-order valence-electron chi connectivity index (χ3n) is 3.07. The third-order valence-corrected chi connectivity index (χ3v) is 3.98. The molecule has 2 heteroatoms. The summed E-state index contributed by atoms with van der Waals surface area (Å²) in [6.07, 6.45) is 6.83.